The molecular formula is C24H19NO5S. The van der Waals surface area contributed by atoms with Gasteiger partial charge in [-0.05, 0) is 40.2 Å². The largest absolute Gasteiger partial charge is 0.488 e. The van der Waals surface area contributed by atoms with Crippen LogP contribution in [-0.4, -0.2) is 35.7 Å². The molecule has 0 spiro atoms. The summed E-state index contributed by atoms with van der Waals surface area (Å²) < 4.78 is 10.7. The predicted molar refractivity (Wildman–Crippen MR) is 119 cm³/mol. The van der Waals surface area contributed by atoms with E-state index in [0.717, 1.165) is 33.0 Å². The second kappa shape index (κ2) is 9.06. The number of hydrogen-bond donors (Lipinski definition) is 0. The van der Waals surface area contributed by atoms with E-state index < -0.39 is 23.7 Å². The highest BCUT2D eigenvalue weighted by atomic mass is 32.2. The van der Waals surface area contributed by atoms with Crippen molar-refractivity contribution in [1.29, 1.82) is 0 Å². The average molecular weight is 433 g/mol. The summed E-state index contributed by atoms with van der Waals surface area (Å²) in [6.45, 7) is -0.0464. The number of esters is 1. The summed E-state index contributed by atoms with van der Waals surface area (Å²) in [6.07, 6.45) is 1.66. The Balaban J connectivity index is 1.71. The minimum atomic E-state index is -0.652. The molecule has 1 heterocycles. The maximum atomic E-state index is 12.8. The van der Waals surface area contributed by atoms with Crippen LogP contribution in [0.5, 0.6) is 5.75 Å². The monoisotopic (exact) mass is 433 g/mol. The minimum Gasteiger partial charge on any atom is -0.488 e. The van der Waals surface area contributed by atoms with Crippen molar-refractivity contribution in [3.05, 3.63) is 82.8 Å². The minimum absolute atomic E-state index is 0.231. The molecule has 0 radical (unpaired) electrons. The number of thioether (sulfide) groups is 1. The number of amides is 2. The van der Waals surface area contributed by atoms with Gasteiger partial charge in [-0.3, -0.25) is 19.3 Å². The van der Waals surface area contributed by atoms with Crippen LogP contribution in [0.25, 0.3) is 16.8 Å². The highest BCUT2D eigenvalue weighted by Crippen LogP contribution is 2.37. The Labute approximate surface area is 183 Å². The van der Waals surface area contributed by atoms with Crippen LogP contribution in [0.1, 0.15) is 11.1 Å². The Morgan fingerprint density at radius 2 is 1.74 bits per heavy atom. The number of methoxy groups -OCH3 is 1. The Morgan fingerprint density at radius 1 is 1.00 bits per heavy atom. The van der Waals surface area contributed by atoms with Gasteiger partial charge in [0, 0.05) is 5.56 Å². The van der Waals surface area contributed by atoms with Crippen molar-refractivity contribution in [3.63, 3.8) is 0 Å². The summed E-state index contributed by atoms with van der Waals surface area (Å²) in [6, 6.07) is 21.3. The molecule has 31 heavy (non-hydrogen) atoms. The second-order valence-electron chi connectivity index (χ2n) is 6.82. The molecule has 6 nitrogen and oxygen atoms in total. The van der Waals surface area contributed by atoms with E-state index in [1.807, 2.05) is 66.7 Å². The third kappa shape index (κ3) is 4.46. The van der Waals surface area contributed by atoms with Gasteiger partial charge < -0.3 is 9.47 Å². The number of ether oxygens (including phenoxy) is 2. The van der Waals surface area contributed by atoms with Crippen molar-refractivity contribution in [2.75, 3.05) is 13.7 Å². The van der Waals surface area contributed by atoms with Crippen LogP contribution < -0.4 is 4.74 Å². The highest BCUT2D eigenvalue weighted by molar-refractivity contribution is 8.18. The molecule has 0 atom stereocenters. The second-order valence-corrected chi connectivity index (χ2v) is 7.81. The third-order valence-corrected chi connectivity index (χ3v) is 5.74. The summed E-state index contributed by atoms with van der Waals surface area (Å²) in [5.74, 6) is -0.578. The van der Waals surface area contributed by atoms with E-state index >= 15 is 0 Å². The van der Waals surface area contributed by atoms with Crippen LogP contribution in [0, 0.1) is 0 Å². The lowest BCUT2D eigenvalue weighted by atomic mass is 10.0. The molecule has 3 aromatic rings. The van der Waals surface area contributed by atoms with Crippen molar-refractivity contribution in [1.82, 2.24) is 4.90 Å². The standard InChI is InChI=1S/C24H19NO5S/c1-29-22(26)14-25-23(27)21(31-24(25)28)13-19-18-10-6-5-9-17(18)11-12-20(19)30-15-16-7-3-2-4-8-16/h2-13H,14-15H2,1H3/b21-13+. The first-order chi connectivity index (χ1) is 15.1. The van der Waals surface area contributed by atoms with E-state index in [1.165, 1.54) is 7.11 Å². The zero-order valence-corrected chi connectivity index (χ0v) is 17.6. The van der Waals surface area contributed by atoms with Gasteiger partial charge in [-0.25, -0.2) is 0 Å². The molecule has 0 N–H and O–H groups in total. The molecule has 0 saturated carbocycles. The molecule has 0 unspecified atom stereocenters. The fraction of sp³-hybridized carbons (Fsp3) is 0.125. The molecule has 2 amide bonds. The van der Waals surface area contributed by atoms with Crippen LogP contribution in [0.2, 0.25) is 0 Å². The summed E-state index contributed by atoms with van der Waals surface area (Å²) >= 11 is 0.796. The average Bonchev–Trinajstić information content (AvgIpc) is 3.06. The zero-order valence-electron chi connectivity index (χ0n) is 16.7. The maximum Gasteiger partial charge on any atom is 0.325 e. The van der Waals surface area contributed by atoms with Gasteiger partial charge in [-0.2, -0.15) is 0 Å². The lowest BCUT2D eigenvalue weighted by Crippen LogP contribution is -2.34. The molecule has 0 aromatic heterocycles. The number of hydrogen-bond acceptors (Lipinski definition) is 6. The number of carbonyl (C=O) groups excluding carboxylic acids is 3. The number of benzene rings is 3. The summed E-state index contributed by atoms with van der Waals surface area (Å²) in [5, 5.41) is 1.37. The van der Waals surface area contributed by atoms with E-state index in [1.54, 1.807) is 6.08 Å². The van der Waals surface area contributed by atoms with Crippen LogP contribution >= 0.6 is 11.8 Å². The normalized spacial score (nSPS) is 15.0. The number of imide groups is 1. The Hall–Kier alpha value is -3.58. The van der Waals surface area contributed by atoms with Gasteiger partial charge in [0.15, 0.2) is 0 Å². The van der Waals surface area contributed by atoms with Crippen LogP contribution in [-0.2, 0) is 20.9 Å². The maximum absolute atomic E-state index is 12.8. The topological polar surface area (TPSA) is 72.9 Å². The van der Waals surface area contributed by atoms with Crippen LogP contribution in [0.3, 0.4) is 0 Å². The number of rotatable bonds is 6. The zero-order chi connectivity index (χ0) is 21.8. The molecule has 3 aromatic carbocycles. The first kappa shape index (κ1) is 20.7. The SMILES string of the molecule is COC(=O)CN1C(=O)S/C(=C/c2c(OCc3ccccc3)ccc3ccccc23)C1=O. The van der Waals surface area contributed by atoms with Gasteiger partial charge in [0.1, 0.15) is 18.9 Å². The lowest BCUT2D eigenvalue weighted by molar-refractivity contribution is -0.143. The smallest absolute Gasteiger partial charge is 0.325 e. The molecule has 156 valence electrons. The van der Waals surface area contributed by atoms with Gasteiger partial charge in [0.05, 0.1) is 12.0 Å². The van der Waals surface area contributed by atoms with Crippen LogP contribution in [0.4, 0.5) is 4.79 Å². The summed E-state index contributed by atoms with van der Waals surface area (Å²) in [5.41, 5.74) is 1.72. The number of fused-ring (bicyclic) bond motifs is 1. The van der Waals surface area contributed by atoms with E-state index in [9.17, 15) is 14.4 Å². The van der Waals surface area contributed by atoms with Gasteiger partial charge in [-0.1, -0.05) is 60.7 Å². The van der Waals surface area contributed by atoms with Gasteiger partial charge in [0.25, 0.3) is 11.1 Å². The molecule has 1 fully saturated rings. The molecule has 0 bridgehead atoms. The van der Waals surface area contributed by atoms with E-state index in [2.05, 4.69) is 4.74 Å². The van der Waals surface area contributed by atoms with Crippen LogP contribution in [0.15, 0.2) is 71.6 Å². The highest BCUT2D eigenvalue weighted by Gasteiger charge is 2.36. The molecule has 1 aliphatic rings. The molecule has 1 aliphatic heterocycles. The fourth-order valence-corrected chi connectivity index (χ4v) is 4.07. The van der Waals surface area contributed by atoms with E-state index in [0.29, 0.717) is 17.9 Å². The van der Waals surface area contributed by atoms with Gasteiger partial charge >= 0.3 is 5.97 Å². The third-order valence-electron chi connectivity index (χ3n) is 4.83. The van der Waals surface area contributed by atoms with Crippen molar-refractivity contribution in [2.24, 2.45) is 0 Å². The lowest BCUT2D eigenvalue weighted by Gasteiger charge is -2.13. The van der Waals surface area contributed by atoms with E-state index in [4.69, 9.17) is 4.74 Å². The number of carbonyl (C=O) groups is 3. The Kier molecular flexibility index (Phi) is 6.04. The molecular weight excluding hydrogens is 414 g/mol. The first-order valence-corrected chi connectivity index (χ1v) is 10.4. The van der Waals surface area contributed by atoms with Crippen molar-refractivity contribution in [2.45, 2.75) is 6.61 Å². The Bertz CT molecular complexity index is 1190. The van der Waals surface area contributed by atoms with Gasteiger partial charge in [0.2, 0.25) is 0 Å². The van der Waals surface area contributed by atoms with Gasteiger partial charge in [-0.15, -0.1) is 0 Å². The molecule has 4 rings (SSSR count). The molecule has 0 aliphatic carbocycles. The Morgan fingerprint density at radius 3 is 2.52 bits per heavy atom. The molecule has 7 heteroatoms. The number of nitrogens with zero attached hydrogens (tertiary/aromatic N) is 1. The summed E-state index contributed by atoms with van der Waals surface area (Å²) in [7, 11) is 1.21. The molecule has 1 saturated heterocycles. The van der Waals surface area contributed by atoms with Crippen molar-refractivity contribution < 1.29 is 23.9 Å². The van der Waals surface area contributed by atoms with Crippen molar-refractivity contribution >= 4 is 45.7 Å². The summed E-state index contributed by atoms with van der Waals surface area (Å²) in [4.78, 5) is 37.7. The predicted octanol–water partition coefficient (Wildman–Crippen LogP) is 4.63. The van der Waals surface area contributed by atoms with E-state index in [-0.39, 0.29) is 4.91 Å². The first-order valence-electron chi connectivity index (χ1n) is 9.57. The quantitative estimate of drug-likeness (QED) is 0.417. The van der Waals surface area contributed by atoms with Crippen molar-refractivity contribution in [3.8, 4) is 5.75 Å². The fourth-order valence-electron chi connectivity index (χ4n) is 3.25.